The summed E-state index contributed by atoms with van der Waals surface area (Å²) in [7, 11) is 0. The quantitative estimate of drug-likeness (QED) is 0.173. The van der Waals surface area contributed by atoms with Crippen LogP contribution in [0.15, 0.2) is 157 Å². The van der Waals surface area contributed by atoms with E-state index in [1.54, 1.807) is 12.2 Å². The molecule has 0 radical (unpaired) electrons. The summed E-state index contributed by atoms with van der Waals surface area (Å²) in [6.07, 6.45) is 16.0. The summed E-state index contributed by atoms with van der Waals surface area (Å²) in [5.74, 6) is 0. The Balaban J connectivity index is 1.65. The average molecular weight is 531 g/mol. The summed E-state index contributed by atoms with van der Waals surface area (Å²) in [5, 5.41) is 13.0. The van der Waals surface area contributed by atoms with Gasteiger partial charge in [-0.15, -0.1) is 0 Å². The van der Waals surface area contributed by atoms with Gasteiger partial charge in [-0.05, 0) is 90.1 Å². The molecule has 1 unspecified atom stereocenters. The number of nitrogens with zero attached hydrogens (tertiary/aromatic N) is 1. The van der Waals surface area contributed by atoms with Crippen LogP contribution in [-0.4, -0.2) is 0 Å². The number of anilines is 2. The number of para-hydroxylation sites is 1. The Bertz CT molecular complexity index is 1660. The summed E-state index contributed by atoms with van der Waals surface area (Å²) in [5.41, 5.74) is 9.62. The first-order valence-corrected chi connectivity index (χ1v) is 14.0. The topological polar surface area (TPSA) is 35.8 Å². The highest BCUT2D eigenvalue weighted by Gasteiger charge is 2.35. The van der Waals surface area contributed by atoms with Gasteiger partial charge >= 0.3 is 0 Å². The molecule has 200 valence electrons. The van der Waals surface area contributed by atoms with Crippen molar-refractivity contribution >= 4 is 17.5 Å². The summed E-state index contributed by atoms with van der Waals surface area (Å²) in [6, 6.07) is 38.6. The van der Waals surface area contributed by atoms with Gasteiger partial charge in [-0.3, -0.25) is 0 Å². The highest BCUT2D eigenvalue weighted by atomic mass is 14.9. The van der Waals surface area contributed by atoms with Gasteiger partial charge in [0.1, 0.15) is 0 Å². The van der Waals surface area contributed by atoms with Gasteiger partial charge in [0.05, 0.1) is 11.6 Å². The fraction of sp³-hybridized carbons (Fsp3) is 0.103. The highest BCUT2D eigenvalue weighted by Crippen LogP contribution is 2.46. The molecule has 0 amide bonds. The minimum Gasteiger partial charge on any atom is -0.356 e. The van der Waals surface area contributed by atoms with E-state index in [0.717, 1.165) is 35.3 Å². The number of hydrogen-bond donors (Lipinski definition) is 1. The van der Waals surface area contributed by atoms with Gasteiger partial charge < -0.3 is 5.32 Å². The molecule has 2 heteroatoms. The minimum atomic E-state index is -0.346. The summed E-state index contributed by atoms with van der Waals surface area (Å²) < 4.78 is 0. The van der Waals surface area contributed by atoms with Crippen LogP contribution >= 0.6 is 0 Å². The molecule has 1 aliphatic carbocycles. The first-order valence-electron chi connectivity index (χ1n) is 14.0. The van der Waals surface area contributed by atoms with E-state index in [4.69, 9.17) is 0 Å². The lowest BCUT2D eigenvalue weighted by Crippen LogP contribution is -2.28. The van der Waals surface area contributed by atoms with Crippen LogP contribution in [-0.2, 0) is 5.41 Å². The largest absolute Gasteiger partial charge is 0.356 e. The van der Waals surface area contributed by atoms with Crippen molar-refractivity contribution in [2.75, 3.05) is 5.32 Å². The lowest BCUT2D eigenvalue weighted by atomic mass is 9.66. The number of rotatable bonds is 9. The number of benzene rings is 4. The van der Waals surface area contributed by atoms with Crippen molar-refractivity contribution in [2.24, 2.45) is 0 Å². The Kier molecular flexibility index (Phi) is 8.58. The smallest absolute Gasteiger partial charge is 0.0991 e. The first-order chi connectivity index (χ1) is 20.1. The molecule has 41 heavy (non-hydrogen) atoms. The molecule has 0 aliphatic heterocycles. The lowest BCUT2D eigenvalue weighted by molar-refractivity contribution is 0.635. The SMILES string of the molecule is C=C/C=C(/C#N)C=Cc1ccc(-c2ccc(Nc3ccccc3)cc2)c(C(C)(C2=CC=CCC2)c2ccccc2)c1. The van der Waals surface area contributed by atoms with E-state index in [0.29, 0.717) is 5.57 Å². The summed E-state index contributed by atoms with van der Waals surface area (Å²) in [4.78, 5) is 0. The lowest BCUT2D eigenvalue weighted by Gasteiger charge is -2.37. The van der Waals surface area contributed by atoms with Crippen LogP contribution in [0.25, 0.3) is 17.2 Å². The third kappa shape index (κ3) is 6.21. The van der Waals surface area contributed by atoms with E-state index in [9.17, 15) is 5.26 Å². The second kappa shape index (κ2) is 12.8. The number of allylic oxidation sites excluding steroid dienone is 8. The van der Waals surface area contributed by atoms with Gasteiger partial charge in [0.25, 0.3) is 0 Å². The zero-order valence-corrected chi connectivity index (χ0v) is 23.4. The molecule has 1 aliphatic rings. The standard InChI is InChI=1S/C39H34N2/c1-3-13-31(29-40)21-20-30-22-27-37(32-23-25-36(26-24-32)41-35-18-11-6-12-19-35)38(28-30)39(2,33-14-7-4-8-15-33)34-16-9-5-10-17-34/h3-9,11-16,18-28,41H,1,10,17H2,2H3/b21-20?,31-13+. The van der Waals surface area contributed by atoms with Crippen LogP contribution in [0.1, 0.15) is 36.5 Å². The molecule has 2 nitrogen and oxygen atoms in total. The monoisotopic (exact) mass is 530 g/mol. The summed E-state index contributed by atoms with van der Waals surface area (Å²) >= 11 is 0. The Morgan fingerprint density at radius 2 is 1.61 bits per heavy atom. The molecular weight excluding hydrogens is 496 g/mol. The molecular formula is C39H34N2. The Morgan fingerprint density at radius 1 is 0.902 bits per heavy atom. The molecule has 0 spiro atoms. The number of nitriles is 1. The van der Waals surface area contributed by atoms with Gasteiger partial charge in [0.15, 0.2) is 0 Å². The Hall–Kier alpha value is -5.13. The summed E-state index contributed by atoms with van der Waals surface area (Å²) in [6.45, 7) is 6.08. The fourth-order valence-electron chi connectivity index (χ4n) is 5.50. The molecule has 0 fully saturated rings. The third-order valence-electron chi connectivity index (χ3n) is 7.73. The van der Waals surface area contributed by atoms with Gasteiger partial charge in [-0.2, -0.15) is 5.26 Å². The van der Waals surface area contributed by atoms with Crippen molar-refractivity contribution in [1.82, 2.24) is 0 Å². The normalized spacial score (nSPS) is 14.6. The molecule has 0 aromatic heterocycles. The van der Waals surface area contributed by atoms with Crippen LogP contribution in [0, 0.1) is 11.3 Å². The first kappa shape index (κ1) is 27.4. The molecule has 0 saturated carbocycles. The molecule has 1 atom stereocenters. The van der Waals surface area contributed by atoms with E-state index in [1.807, 2.05) is 30.4 Å². The highest BCUT2D eigenvalue weighted by molar-refractivity contribution is 5.76. The predicted molar refractivity (Wildman–Crippen MR) is 174 cm³/mol. The van der Waals surface area contributed by atoms with Crippen LogP contribution in [0.2, 0.25) is 0 Å². The van der Waals surface area contributed by atoms with Crippen molar-refractivity contribution in [3.8, 4) is 17.2 Å². The van der Waals surface area contributed by atoms with E-state index >= 15 is 0 Å². The zero-order valence-electron chi connectivity index (χ0n) is 23.4. The molecule has 0 saturated heterocycles. The van der Waals surface area contributed by atoms with Crippen LogP contribution in [0.3, 0.4) is 0 Å². The van der Waals surface area contributed by atoms with Crippen molar-refractivity contribution in [3.05, 3.63) is 174 Å². The fourth-order valence-corrected chi connectivity index (χ4v) is 5.50. The second-order valence-corrected chi connectivity index (χ2v) is 10.3. The maximum Gasteiger partial charge on any atom is 0.0991 e. The average Bonchev–Trinajstić information content (AvgIpc) is 3.04. The molecule has 4 aromatic rings. The maximum absolute atomic E-state index is 9.51. The van der Waals surface area contributed by atoms with E-state index in [1.165, 1.54) is 22.3 Å². The Morgan fingerprint density at radius 3 is 2.27 bits per heavy atom. The molecule has 4 aromatic carbocycles. The van der Waals surface area contributed by atoms with Crippen LogP contribution < -0.4 is 5.32 Å². The number of nitrogens with one attached hydrogen (secondary N) is 1. The van der Waals surface area contributed by atoms with E-state index in [-0.39, 0.29) is 5.41 Å². The molecule has 0 bridgehead atoms. The minimum absolute atomic E-state index is 0.346. The zero-order chi connectivity index (χ0) is 28.5. The molecule has 0 heterocycles. The van der Waals surface area contributed by atoms with E-state index in [2.05, 4.69) is 128 Å². The van der Waals surface area contributed by atoms with Crippen molar-refractivity contribution in [3.63, 3.8) is 0 Å². The van der Waals surface area contributed by atoms with Crippen molar-refractivity contribution in [2.45, 2.75) is 25.2 Å². The number of hydrogen-bond acceptors (Lipinski definition) is 2. The predicted octanol–water partition coefficient (Wildman–Crippen LogP) is 10.3. The van der Waals surface area contributed by atoms with Crippen molar-refractivity contribution < 1.29 is 0 Å². The molecule has 5 rings (SSSR count). The van der Waals surface area contributed by atoms with Crippen molar-refractivity contribution in [1.29, 1.82) is 5.26 Å². The second-order valence-electron chi connectivity index (χ2n) is 10.3. The van der Waals surface area contributed by atoms with Crippen LogP contribution in [0.5, 0.6) is 0 Å². The van der Waals surface area contributed by atoms with Gasteiger partial charge in [-0.25, -0.2) is 0 Å². The van der Waals surface area contributed by atoms with Gasteiger partial charge in [0, 0.05) is 16.8 Å². The van der Waals surface area contributed by atoms with Crippen LogP contribution in [0.4, 0.5) is 11.4 Å². The Labute approximate surface area is 244 Å². The van der Waals surface area contributed by atoms with Gasteiger partial charge in [-0.1, -0.05) is 115 Å². The maximum atomic E-state index is 9.51. The van der Waals surface area contributed by atoms with Gasteiger partial charge in [0.2, 0.25) is 0 Å². The molecule has 1 N–H and O–H groups in total. The van der Waals surface area contributed by atoms with E-state index < -0.39 is 0 Å². The third-order valence-corrected chi connectivity index (χ3v) is 7.73.